The number of anilines is 1. The van der Waals surface area contributed by atoms with Gasteiger partial charge in [0.25, 0.3) is 5.91 Å². The van der Waals surface area contributed by atoms with Gasteiger partial charge in [-0.2, -0.15) is 13.2 Å². The van der Waals surface area contributed by atoms with E-state index in [1.165, 1.54) is 24.8 Å². The molecule has 36 heavy (non-hydrogen) atoms. The molecule has 1 fully saturated rings. The first-order valence-electron chi connectivity index (χ1n) is 10.4. The highest BCUT2D eigenvalue weighted by Gasteiger charge is 2.37. The summed E-state index contributed by atoms with van der Waals surface area (Å²) < 4.78 is 75.1. The highest BCUT2D eigenvalue weighted by molar-refractivity contribution is 6.33. The van der Waals surface area contributed by atoms with Crippen LogP contribution in [-0.4, -0.2) is 45.7 Å². The van der Waals surface area contributed by atoms with Crippen molar-refractivity contribution in [3.05, 3.63) is 77.1 Å². The number of alkyl halides is 3. The molecule has 0 atom stereocenters. The number of rotatable bonds is 3. The average molecular weight is 525 g/mol. The number of aromatic nitrogens is 2. The number of piperazine rings is 1. The topological polar surface area (TPSA) is 71.1 Å². The second-order valence-corrected chi connectivity index (χ2v) is 8.32. The van der Waals surface area contributed by atoms with Crippen LogP contribution in [0.5, 0.6) is 0 Å². The standard InChI is InChI=1S/C23H14ClF5N4O3/c24-20-19(22(35)31-4-5-32(18(34)10-31)17-8-14(25)1-2-16(17)26)30-21-15(23(27,28)29)7-13(9-33(20)21)12-3-6-36-11-12/h1-3,6-9,11H,4-5,10H2. The fraction of sp³-hybridized carbons (Fsp3) is 0.174. The van der Waals surface area contributed by atoms with Gasteiger partial charge in [0.05, 0.1) is 23.8 Å². The van der Waals surface area contributed by atoms with Crippen LogP contribution in [0.25, 0.3) is 16.8 Å². The number of imidazole rings is 1. The molecule has 3 aromatic heterocycles. The number of hydrogen-bond acceptors (Lipinski definition) is 4. The van der Waals surface area contributed by atoms with E-state index in [1.807, 2.05) is 0 Å². The summed E-state index contributed by atoms with van der Waals surface area (Å²) in [7, 11) is 0. The van der Waals surface area contributed by atoms with Gasteiger partial charge in [-0.1, -0.05) is 11.6 Å². The van der Waals surface area contributed by atoms with Crippen molar-refractivity contribution in [1.82, 2.24) is 14.3 Å². The van der Waals surface area contributed by atoms with E-state index >= 15 is 0 Å². The van der Waals surface area contributed by atoms with Crippen molar-refractivity contribution in [3.8, 4) is 11.1 Å². The van der Waals surface area contributed by atoms with E-state index < -0.39 is 53.1 Å². The van der Waals surface area contributed by atoms with Gasteiger partial charge in [0.2, 0.25) is 5.91 Å². The summed E-state index contributed by atoms with van der Waals surface area (Å²) in [5.41, 5.74) is -1.99. The molecule has 1 aliphatic rings. The molecule has 5 rings (SSSR count). The summed E-state index contributed by atoms with van der Waals surface area (Å²) >= 11 is 6.30. The minimum Gasteiger partial charge on any atom is -0.472 e. The Morgan fingerprint density at radius 3 is 2.53 bits per heavy atom. The van der Waals surface area contributed by atoms with Gasteiger partial charge in [0, 0.05) is 36.5 Å². The Morgan fingerprint density at radius 1 is 1.08 bits per heavy atom. The lowest BCUT2D eigenvalue weighted by atomic mass is 10.1. The molecule has 0 aliphatic carbocycles. The van der Waals surface area contributed by atoms with Crippen LogP contribution < -0.4 is 4.90 Å². The third-order valence-electron chi connectivity index (χ3n) is 5.73. The minimum absolute atomic E-state index is 0.114. The second kappa shape index (κ2) is 8.63. The molecule has 0 spiro atoms. The number of pyridine rings is 1. The number of furan rings is 1. The van der Waals surface area contributed by atoms with Crippen molar-refractivity contribution in [2.75, 3.05) is 24.5 Å². The number of amides is 2. The third kappa shape index (κ3) is 4.06. The average Bonchev–Trinajstić information content (AvgIpc) is 3.48. The molecule has 1 aliphatic heterocycles. The number of carbonyl (C=O) groups excluding carboxylic acids is 2. The second-order valence-electron chi connectivity index (χ2n) is 7.96. The molecule has 186 valence electrons. The molecule has 4 aromatic rings. The van der Waals surface area contributed by atoms with Gasteiger partial charge in [-0.25, -0.2) is 13.8 Å². The number of halogens is 6. The summed E-state index contributed by atoms with van der Waals surface area (Å²) in [5.74, 6) is -3.16. The Balaban J connectivity index is 1.49. The molecule has 0 saturated carbocycles. The van der Waals surface area contributed by atoms with Crippen LogP contribution >= 0.6 is 11.6 Å². The Kier molecular flexibility index (Phi) is 5.70. The molecule has 0 bridgehead atoms. The lowest BCUT2D eigenvalue weighted by molar-refractivity contribution is -0.136. The summed E-state index contributed by atoms with van der Waals surface area (Å²) in [6, 6.07) is 4.97. The molecule has 0 radical (unpaired) electrons. The molecule has 2 amide bonds. The minimum atomic E-state index is -4.81. The molecule has 13 heteroatoms. The van der Waals surface area contributed by atoms with Crippen LogP contribution in [0.3, 0.4) is 0 Å². The highest BCUT2D eigenvalue weighted by atomic mass is 35.5. The van der Waals surface area contributed by atoms with Crippen molar-refractivity contribution in [3.63, 3.8) is 0 Å². The zero-order valence-corrected chi connectivity index (χ0v) is 18.8. The summed E-state index contributed by atoms with van der Waals surface area (Å²) in [6.07, 6.45) is -0.974. The maximum Gasteiger partial charge on any atom is 0.420 e. The van der Waals surface area contributed by atoms with E-state index in [-0.39, 0.29) is 29.5 Å². The van der Waals surface area contributed by atoms with Crippen LogP contribution in [0, 0.1) is 11.6 Å². The Bertz CT molecular complexity index is 1500. The first kappa shape index (κ1) is 23.8. The van der Waals surface area contributed by atoms with Crippen LogP contribution in [0.1, 0.15) is 16.1 Å². The van der Waals surface area contributed by atoms with E-state index in [1.54, 1.807) is 0 Å². The third-order valence-corrected chi connectivity index (χ3v) is 6.09. The van der Waals surface area contributed by atoms with Gasteiger partial charge in [-0.05, 0) is 24.3 Å². The van der Waals surface area contributed by atoms with E-state index in [0.29, 0.717) is 5.56 Å². The van der Waals surface area contributed by atoms with Crippen molar-refractivity contribution >= 4 is 34.7 Å². The maximum absolute atomic E-state index is 14.1. The first-order valence-corrected chi connectivity index (χ1v) is 10.8. The Labute approximate surface area is 204 Å². The predicted molar refractivity (Wildman–Crippen MR) is 118 cm³/mol. The van der Waals surface area contributed by atoms with Crippen molar-refractivity contribution < 1.29 is 36.0 Å². The van der Waals surface area contributed by atoms with Crippen molar-refractivity contribution in [2.45, 2.75) is 6.18 Å². The van der Waals surface area contributed by atoms with Crippen LogP contribution in [0.4, 0.5) is 27.6 Å². The summed E-state index contributed by atoms with van der Waals surface area (Å²) in [4.78, 5) is 31.7. The molecule has 7 nitrogen and oxygen atoms in total. The molecule has 0 N–H and O–H groups in total. The normalized spacial score (nSPS) is 14.7. The Morgan fingerprint density at radius 2 is 1.86 bits per heavy atom. The van der Waals surface area contributed by atoms with Gasteiger partial charge in [0.15, 0.2) is 11.3 Å². The van der Waals surface area contributed by atoms with Crippen LogP contribution in [0.15, 0.2) is 53.5 Å². The maximum atomic E-state index is 14.1. The van der Waals surface area contributed by atoms with Gasteiger partial charge in [-0.15, -0.1) is 0 Å². The van der Waals surface area contributed by atoms with Crippen LogP contribution in [-0.2, 0) is 11.0 Å². The van der Waals surface area contributed by atoms with Crippen molar-refractivity contribution in [2.24, 2.45) is 0 Å². The number of benzene rings is 1. The zero-order chi connectivity index (χ0) is 25.8. The van der Waals surface area contributed by atoms with Gasteiger partial charge in [0.1, 0.15) is 23.3 Å². The largest absolute Gasteiger partial charge is 0.472 e. The van der Waals surface area contributed by atoms with Crippen LogP contribution in [0.2, 0.25) is 5.15 Å². The summed E-state index contributed by atoms with van der Waals surface area (Å²) in [6.45, 7) is -0.823. The monoisotopic (exact) mass is 524 g/mol. The predicted octanol–water partition coefficient (Wildman–Crippen LogP) is 5.03. The number of hydrogen-bond donors (Lipinski definition) is 0. The molecular weight excluding hydrogens is 511 g/mol. The van der Waals surface area contributed by atoms with E-state index in [0.717, 1.165) is 38.5 Å². The lowest BCUT2D eigenvalue weighted by Crippen LogP contribution is -2.52. The Hall–Kier alpha value is -3.93. The molecule has 4 heterocycles. The smallest absolute Gasteiger partial charge is 0.420 e. The first-order chi connectivity index (χ1) is 17.0. The quantitative estimate of drug-likeness (QED) is 0.352. The van der Waals surface area contributed by atoms with Gasteiger partial charge in [-0.3, -0.25) is 14.0 Å². The lowest BCUT2D eigenvalue weighted by Gasteiger charge is -2.34. The van der Waals surface area contributed by atoms with Gasteiger partial charge >= 0.3 is 6.18 Å². The van der Waals surface area contributed by atoms with E-state index in [2.05, 4.69) is 4.98 Å². The molecule has 0 unspecified atom stereocenters. The fourth-order valence-corrected chi connectivity index (χ4v) is 4.24. The fourth-order valence-electron chi connectivity index (χ4n) is 3.99. The molecule has 1 saturated heterocycles. The number of nitrogens with zero attached hydrogens (tertiary/aromatic N) is 4. The number of fused-ring (bicyclic) bond motifs is 1. The highest BCUT2D eigenvalue weighted by Crippen LogP contribution is 2.37. The zero-order valence-electron chi connectivity index (χ0n) is 18.0. The SMILES string of the molecule is O=C(c1nc2c(C(F)(F)F)cc(-c3ccoc3)cn2c1Cl)N1CCN(c2cc(F)ccc2F)C(=O)C1. The molecule has 1 aromatic carbocycles. The van der Waals surface area contributed by atoms with E-state index in [4.69, 9.17) is 16.0 Å². The number of carbonyl (C=O) groups is 2. The van der Waals surface area contributed by atoms with E-state index in [9.17, 15) is 31.5 Å². The summed E-state index contributed by atoms with van der Waals surface area (Å²) in [5, 5.41) is -0.378. The van der Waals surface area contributed by atoms with Gasteiger partial charge < -0.3 is 14.2 Å². The molecular formula is C23H14ClF5N4O3. The van der Waals surface area contributed by atoms with Crippen molar-refractivity contribution in [1.29, 1.82) is 0 Å².